The first-order valence-corrected chi connectivity index (χ1v) is 4.38. The molecular formula is C10H7F3N2O. The third-order valence-corrected chi connectivity index (χ3v) is 2.12. The van der Waals surface area contributed by atoms with Gasteiger partial charge < -0.3 is 5.11 Å². The summed E-state index contributed by atoms with van der Waals surface area (Å²) >= 11 is 0. The number of rotatable bonds is 1. The van der Waals surface area contributed by atoms with Crippen LogP contribution in [0.15, 0.2) is 30.5 Å². The average Bonchev–Trinajstić information content (AvgIpc) is 2.63. The van der Waals surface area contributed by atoms with E-state index in [1.54, 1.807) is 0 Å². The molecule has 16 heavy (non-hydrogen) atoms. The molecule has 0 saturated heterocycles. The Morgan fingerprint density at radius 1 is 1.12 bits per heavy atom. The van der Waals surface area contributed by atoms with Gasteiger partial charge in [0.25, 0.3) is 0 Å². The minimum Gasteiger partial charge on any atom is -0.504 e. The minimum atomic E-state index is -4.35. The van der Waals surface area contributed by atoms with Gasteiger partial charge >= 0.3 is 6.18 Å². The Kier molecular flexibility index (Phi) is 2.34. The zero-order valence-corrected chi connectivity index (χ0v) is 7.92. The molecule has 0 amide bonds. The number of benzene rings is 1. The first kappa shape index (κ1) is 10.5. The van der Waals surface area contributed by atoms with E-state index < -0.39 is 11.7 Å². The molecule has 0 spiro atoms. The molecular weight excluding hydrogens is 221 g/mol. The predicted octanol–water partition coefficient (Wildman–Crippen LogP) is 2.80. The fourth-order valence-corrected chi connectivity index (χ4v) is 1.32. The Morgan fingerprint density at radius 3 is 2.19 bits per heavy atom. The first-order chi connectivity index (χ1) is 7.48. The van der Waals surface area contributed by atoms with Crippen LogP contribution in [0.2, 0.25) is 0 Å². The van der Waals surface area contributed by atoms with Crippen LogP contribution in [0.25, 0.3) is 11.3 Å². The molecule has 84 valence electrons. The van der Waals surface area contributed by atoms with Gasteiger partial charge in [-0.25, -0.2) is 0 Å². The van der Waals surface area contributed by atoms with Gasteiger partial charge in [0, 0.05) is 5.56 Å². The Labute approximate surface area is 88.5 Å². The molecule has 0 aliphatic heterocycles. The Hall–Kier alpha value is -1.98. The zero-order chi connectivity index (χ0) is 11.8. The van der Waals surface area contributed by atoms with Crippen molar-refractivity contribution in [3.05, 3.63) is 36.0 Å². The number of hydrogen-bond acceptors (Lipinski definition) is 2. The van der Waals surface area contributed by atoms with Crippen molar-refractivity contribution in [1.29, 1.82) is 0 Å². The molecule has 2 N–H and O–H groups in total. The van der Waals surface area contributed by atoms with Crippen LogP contribution in [-0.2, 0) is 6.18 Å². The predicted molar refractivity (Wildman–Crippen MR) is 50.7 cm³/mol. The number of alkyl halides is 3. The maximum absolute atomic E-state index is 12.3. The molecule has 2 aromatic rings. The molecule has 0 radical (unpaired) electrons. The van der Waals surface area contributed by atoms with Gasteiger partial charge in [-0.3, -0.25) is 5.10 Å². The topological polar surface area (TPSA) is 48.9 Å². The van der Waals surface area contributed by atoms with Crippen LogP contribution in [0.1, 0.15) is 5.56 Å². The summed E-state index contributed by atoms with van der Waals surface area (Å²) in [5.41, 5.74) is 0.0204. The van der Waals surface area contributed by atoms with E-state index >= 15 is 0 Å². The Morgan fingerprint density at radius 2 is 1.75 bits per heavy atom. The van der Waals surface area contributed by atoms with Gasteiger partial charge in [0.1, 0.15) is 5.69 Å². The van der Waals surface area contributed by atoms with Crippen molar-refractivity contribution in [3.63, 3.8) is 0 Å². The molecule has 0 bridgehead atoms. The van der Waals surface area contributed by atoms with Crippen LogP contribution in [-0.4, -0.2) is 15.3 Å². The highest BCUT2D eigenvalue weighted by atomic mass is 19.4. The van der Waals surface area contributed by atoms with Crippen molar-refractivity contribution in [2.45, 2.75) is 6.18 Å². The van der Waals surface area contributed by atoms with Gasteiger partial charge in [-0.15, -0.1) is 0 Å². The molecule has 0 aliphatic carbocycles. The van der Waals surface area contributed by atoms with E-state index in [0.29, 0.717) is 11.3 Å². The first-order valence-electron chi connectivity index (χ1n) is 4.38. The standard InChI is InChI=1S/C10H7F3N2O/c11-10(12,13)7-3-1-6(2-4-7)9-8(16)5-14-15-9/h1-5,16H,(H,14,15). The normalized spacial score (nSPS) is 11.7. The number of H-pyrrole nitrogens is 1. The summed E-state index contributed by atoms with van der Waals surface area (Å²) in [6, 6.07) is 4.46. The number of aromatic hydroxyl groups is 1. The molecule has 0 aliphatic rings. The fraction of sp³-hybridized carbons (Fsp3) is 0.100. The van der Waals surface area contributed by atoms with Crippen molar-refractivity contribution < 1.29 is 18.3 Å². The lowest BCUT2D eigenvalue weighted by atomic mass is 10.1. The summed E-state index contributed by atoms with van der Waals surface area (Å²) in [5, 5.41) is 15.4. The second-order valence-electron chi connectivity index (χ2n) is 3.21. The molecule has 3 nitrogen and oxygen atoms in total. The van der Waals surface area contributed by atoms with Gasteiger partial charge in [-0.05, 0) is 12.1 Å². The maximum atomic E-state index is 12.3. The highest BCUT2D eigenvalue weighted by Gasteiger charge is 2.30. The number of aromatic amines is 1. The number of nitrogens with zero attached hydrogens (tertiary/aromatic N) is 1. The number of nitrogens with one attached hydrogen (secondary N) is 1. The molecule has 0 unspecified atom stereocenters. The van der Waals surface area contributed by atoms with Crippen LogP contribution in [0.3, 0.4) is 0 Å². The van der Waals surface area contributed by atoms with E-state index in [9.17, 15) is 18.3 Å². The molecule has 0 saturated carbocycles. The molecule has 1 heterocycles. The van der Waals surface area contributed by atoms with E-state index in [1.807, 2.05) is 0 Å². The summed E-state index contributed by atoms with van der Waals surface area (Å²) in [6.45, 7) is 0. The van der Waals surface area contributed by atoms with Crippen molar-refractivity contribution in [1.82, 2.24) is 10.2 Å². The van der Waals surface area contributed by atoms with E-state index in [1.165, 1.54) is 18.3 Å². The van der Waals surface area contributed by atoms with Crippen molar-refractivity contribution >= 4 is 0 Å². The monoisotopic (exact) mass is 228 g/mol. The minimum absolute atomic E-state index is 0.0974. The van der Waals surface area contributed by atoms with Crippen LogP contribution in [0, 0.1) is 0 Å². The van der Waals surface area contributed by atoms with E-state index in [0.717, 1.165) is 12.1 Å². The van der Waals surface area contributed by atoms with Crippen LogP contribution in [0.4, 0.5) is 13.2 Å². The van der Waals surface area contributed by atoms with E-state index in [2.05, 4.69) is 10.2 Å². The quantitative estimate of drug-likeness (QED) is 0.788. The SMILES string of the molecule is Oc1cn[nH]c1-c1ccc(C(F)(F)F)cc1. The van der Waals surface area contributed by atoms with Gasteiger partial charge in [0.05, 0.1) is 11.8 Å². The highest BCUT2D eigenvalue weighted by molar-refractivity contribution is 5.65. The third kappa shape index (κ3) is 1.86. The zero-order valence-electron chi connectivity index (χ0n) is 7.92. The third-order valence-electron chi connectivity index (χ3n) is 2.12. The molecule has 1 aromatic heterocycles. The van der Waals surface area contributed by atoms with Crippen molar-refractivity contribution in [2.24, 2.45) is 0 Å². The van der Waals surface area contributed by atoms with Gasteiger partial charge in [-0.1, -0.05) is 12.1 Å². The molecule has 0 atom stereocenters. The largest absolute Gasteiger partial charge is 0.504 e. The lowest BCUT2D eigenvalue weighted by molar-refractivity contribution is -0.137. The van der Waals surface area contributed by atoms with E-state index in [4.69, 9.17) is 0 Å². The second kappa shape index (κ2) is 3.55. The van der Waals surface area contributed by atoms with Gasteiger partial charge in [0.15, 0.2) is 5.75 Å². The highest BCUT2D eigenvalue weighted by Crippen LogP contribution is 2.32. The summed E-state index contributed by atoms with van der Waals surface area (Å²) < 4.78 is 36.8. The lowest BCUT2D eigenvalue weighted by Gasteiger charge is -2.06. The smallest absolute Gasteiger partial charge is 0.416 e. The average molecular weight is 228 g/mol. The maximum Gasteiger partial charge on any atom is 0.416 e. The summed E-state index contributed by atoms with van der Waals surface area (Å²) in [4.78, 5) is 0. The summed E-state index contributed by atoms with van der Waals surface area (Å²) in [5.74, 6) is -0.0974. The number of aromatic nitrogens is 2. The molecule has 1 aromatic carbocycles. The Bertz CT molecular complexity index is 488. The number of halogens is 3. The molecule has 6 heteroatoms. The molecule has 2 rings (SSSR count). The second-order valence-corrected chi connectivity index (χ2v) is 3.21. The summed E-state index contributed by atoms with van der Waals surface area (Å²) in [6.07, 6.45) is -3.17. The van der Waals surface area contributed by atoms with Crippen LogP contribution >= 0.6 is 0 Å². The van der Waals surface area contributed by atoms with Crippen LogP contribution in [0.5, 0.6) is 5.75 Å². The van der Waals surface area contributed by atoms with Crippen molar-refractivity contribution in [3.8, 4) is 17.0 Å². The fourth-order valence-electron chi connectivity index (χ4n) is 1.32. The lowest BCUT2D eigenvalue weighted by Crippen LogP contribution is -2.03. The van der Waals surface area contributed by atoms with Gasteiger partial charge in [-0.2, -0.15) is 18.3 Å². The van der Waals surface area contributed by atoms with Crippen LogP contribution < -0.4 is 0 Å². The van der Waals surface area contributed by atoms with Crippen molar-refractivity contribution in [2.75, 3.05) is 0 Å². The molecule has 0 fully saturated rings. The number of hydrogen-bond donors (Lipinski definition) is 2. The van der Waals surface area contributed by atoms with Gasteiger partial charge in [0.2, 0.25) is 0 Å². The van der Waals surface area contributed by atoms with E-state index in [-0.39, 0.29) is 5.75 Å². The summed E-state index contributed by atoms with van der Waals surface area (Å²) in [7, 11) is 0. The Balaban J connectivity index is 2.37.